The van der Waals surface area contributed by atoms with Crippen molar-refractivity contribution in [1.82, 2.24) is 19.3 Å². The summed E-state index contributed by atoms with van der Waals surface area (Å²) in [5.41, 5.74) is 1.34. The van der Waals surface area contributed by atoms with Crippen LogP contribution in [-0.4, -0.2) is 30.4 Å². The minimum absolute atomic E-state index is 0.246. The van der Waals surface area contributed by atoms with Crippen molar-refractivity contribution in [2.75, 3.05) is 0 Å². The zero-order valence-electron chi connectivity index (χ0n) is 10.0. The van der Waals surface area contributed by atoms with Gasteiger partial charge in [0, 0.05) is 18.9 Å². The second kappa shape index (κ2) is 4.04. The molecule has 2 rings (SSSR count). The molecular weight excluding hydrogens is 220 g/mol. The zero-order valence-corrected chi connectivity index (χ0v) is 10.0. The molecule has 0 fully saturated rings. The normalized spacial score (nSPS) is 10.8. The van der Waals surface area contributed by atoms with Crippen LogP contribution in [0.3, 0.4) is 0 Å². The van der Waals surface area contributed by atoms with Crippen LogP contribution in [-0.2, 0) is 6.54 Å². The lowest BCUT2D eigenvalue weighted by Crippen LogP contribution is -2.09. The fourth-order valence-electron chi connectivity index (χ4n) is 1.89. The Hall–Kier alpha value is -2.11. The Morgan fingerprint density at radius 3 is 2.71 bits per heavy atom. The topological polar surface area (TPSA) is 72.9 Å². The van der Waals surface area contributed by atoms with Crippen molar-refractivity contribution in [2.45, 2.75) is 27.3 Å². The lowest BCUT2D eigenvalue weighted by atomic mass is 10.2. The Kier molecular flexibility index (Phi) is 2.71. The third-order valence-electron chi connectivity index (χ3n) is 2.73. The molecule has 0 aliphatic heterocycles. The van der Waals surface area contributed by atoms with Crippen molar-refractivity contribution in [3.05, 3.63) is 29.3 Å². The van der Waals surface area contributed by atoms with Gasteiger partial charge in [-0.25, -0.2) is 14.5 Å². The van der Waals surface area contributed by atoms with E-state index in [0.29, 0.717) is 17.3 Å². The Labute approximate surface area is 98.5 Å². The van der Waals surface area contributed by atoms with Gasteiger partial charge in [-0.15, -0.1) is 0 Å². The van der Waals surface area contributed by atoms with Gasteiger partial charge in [0.1, 0.15) is 5.56 Å². The highest BCUT2D eigenvalue weighted by atomic mass is 16.4. The molecule has 0 saturated heterocycles. The van der Waals surface area contributed by atoms with E-state index in [9.17, 15) is 4.79 Å². The Morgan fingerprint density at radius 2 is 2.18 bits per heavy atom. The molecule has 6 nitrogen and oxygen atoms in total. The zero-order chi connectivity index (χ0) is 12.6. The van der Waals surface area contributed by atoms with Crippen LogP contribution in [0.1, 0.15) is 28.7 Å². The molecule has 17 heavy (non-hydrogen) atoms. The van der Waals surface area contributed by atoms with E-state index >= 15 is 0 Å². The first-order valence-corrected chi connectivity index (χ1v) is 5.37. The predicted octanol–water partition coefficient (Wildman–Crippen LogP) is 1.40. The van der Waals surface area contributed by atoms with E-state index in [4.69, 9.17) is 5.11 Å². The fraction of sp³-hybridized carbons (Fsp3) is 0.364. The quantitative estimate of drug-likeness (QED) is 0.871. The molecule has 2 aromatic heterocycles. The van der Waals surface area contributed by atoms with Gasteiger partial charge < -0.3 is 9.67 Å². The van der Waals surface area contributed by atoms with E-state index in [0.717, 1.165) is 6.54 Å². The number of rotatable bonds is 3. The number of carbonyl (C=O) groups is 1. The number of carboxylic acid groups (broad SMARTS) is 1. The predicted molar refractivity (Wildman–Crippen MR) is 61.5 cm³/mol. The molecule has 90 valence electrons. The van der Waals surface area contributed by atoms with Gasteiger partial charge in [-0.3, -0.25) is 0 Å². The van der Waals surface area contributed by atoms with Crippen LogP contribution < -0.4 is 0 Å². The standard InChI is InChI=1S/C11H14N4O2/c1-4-14-6-5-12-11(14)15-8(3)9(10(16)17)7(2)13-15/h5-6H,4H2,1-3H3,(H,16,17). The SMILES string of the molecule is CCn1ccnc1-n1nc(C)c(C(=O)O)c1C. The fourth-order valence-corrected chi connectivity index (χ4v) is 1.89. The number of hydrogen-bond acceptors (Lipinski definition) is 3. The molecule has 2 heterocycles. The third-order valence-corrected chi connectivity index (χ3v) is 2.73. The van der Waals surface area contributed by atoms with Gasteiger partial charge in [0.2, 0.25) is 5.95 Å². The Bertz CT molecular complexity index is 568. The van der Waals surface area contributed by atoms with E-state index in [1.165, 1.54) is 0 Å². The number of aromatic carboxylic acids is 1. The van der Waals surface area contributed by atoms with Gasteiger partial charge in [0.15, 0.2) is 0 Å². The summed E-state index contributed by atoms with van der Waals surface area (Å²) in [6, 6.07) is 0. The molecule has 0 aliphatic carbocycles. The molecule has 0 aromatic carbocycles. The molecule has 0 amide bonds. The summed E-state index contributed by atoms with van der Waals surface area (Å²) in [4.78, 5) is 15.3. The summed E-state index contributed by atoms with van der Waals surface area (Å²) in [7, 11) is 0. The van der Waals surface area contributed by atoms with Gasteiger partial charge in [0.25, 0.3) is 0 Å². The molecule has 2 aromatic rings. The van der Waals surface area contributed by atoms with E-state index in [2.05, 4.69) is 10.1 Å². The second-order valence-electron chi connectivity index (χ2n) is 3.78. The summed E-state index contributed by atoms with van der Waals surface area (Å²) in [5, 5.41) is 13.3. The van der Waals surface area contributed by atoms with E-state index < -0.39 is 5.97 Å². The minimum Gasteiger partial charge on any atom is -0.478 e. The molecule has 0 unspecified atom stereocenters. The van der Waals surface area contributed by atoms with Gasteiger partial charge >= 0.3 is 5.97 Å². The molecule has 0 aliphatic rings. The number of aryl methyl sites for hydroxylation is 2. The number of nitrogens with zero attached hydrogens (tertiary/aromatic N) is 4. The van der Waals surface area contributed by atoms with Crippen molar-refractivity contribution in [2.24, 2.45) is 0 Å². The molecule has 0 bridgehead atoms. The highest BCUT2D eigenvalue weighted by Crippen LogP contribution is 2.16. The number of carboxylic acids is 1. The van der Waals surface area contributed by atoms with Crippen LogP contribution in [0.2, 0.25) is 0 Å². The van der Waals surface area contributed by atoms with Crippen LogP contribution >= 0.6 is 0 Å². The van der Waals surface area contributed by atoms with Gasteiger partial charge in [-0.2, -0.15) is 5.10 Å². The van der Waals surface area contributed by atoms with Crippen LogP contribution in [0, 0.1) is 13.8 Å². The van der Waals surface area contributed by atoms with Crippen LogP contribution in [0.25, 0.3) is 5.95 Å². The highest BCUT2D eigenvalue weighted by Gasteiger charge is 2.20. The van der Waals surface area contributed by atoms with E-state index in [-0.39, 0.29) is 5.56 Å². The van der Waals surface area contributed by atoms with E-state index in [1.807, 2.05) is 17.7 Å². The molecular formula is C11H14N4O2. The monoisotopic (exact) mass is 234 g/mol. The maximum atomic E-state index is 11.1. The first kappa shape index (κ1) is 11.4. The van der Waals surface area contributed by atoms with Crippen LogP contribution in [0.15, 0.2) is 12.4 Å². The Morgan fingerprint density at radius 1 is 1.47 bits per heavy atom. The van der Waals surface area contributed by atoms with Crippen molar-refractivity contribution in [3.8, 4) is 5.95 Å². The highest BCUT2D eigenvalue weighted by molar-refractivity contribution is 5.90. The van der Waals surface area contributed by atoms with Crippen molar-refractivity contribution in [1.29, 1.82) is 0 Å². The summed E-state index contributed by atoms with van der Waals surface area (Å²) in [6.07, 6.45) is 3.52. The maximum Gasteiger partial charge on any atom is 0.339 e. The van der Waals surface area contributed by atoms with Gasteiger partial charge in [-0.1, -0.05) is 0 Å². The molecule has 0 atom stereocenters. The first-order valence-electron chi connectivity index (χ1n) is 5.37. The van der Waals surface area contributed by atoms with E-state index in [1.54, 1.807) is 24.7 Å². The largest absolute Gasteiger partial charge is 0.478 e. The molecule has 0 spiro atoms. The van der Waals surface area contributed by atoms with Crippen molar-refractivity contribution < 1.29 is 9.90 Å². The smallest absolute Gasteiger partial charge is 0.339 e. The number of hydrogen-bond donors (Lipinski definition) is 1. The molecule has 6 heteroatoms. The molecule has 0 saturated carbocycles. The summed E-state index contributed by atoms with van der Waals surface area (Å²) in [6.45, 7) is 6.18. The summed E-state index contributed by atoms with van der Waals surface area (Å²) in [5.74, 6) is -0.318. The van der Waals surface area contributed by atoms with Gasteiger partial charge in [-0.05, 0) is 20.8 Å². The average molecular weight is 234 g/mol. The first-order chi connectivity index (χ1) is 8.06. The van der Waals surface area contributed by atoms with Crippen molar-refractivity contribution >= 4 is 5.97 Å². The molecule has 0 radical (unpaired) electrons. The van der Waals surface area contributed by atoms with Gasteiger partial charge in [0.05, 0.1) is 11.4 Å². The summed E-state index contributed by atoms with van der Waals surface area (Å²) < 4.78 is 3.48. The van der Waals surface area contributed by atoms with Crippen LogP contribution in [0.5, 0.6) is 0 Å². The second-order valence-corrected chi connectivity index (χ2v) is 3.78. The molecule has 1 N–H and O–H groups in total. The lowest BCUT2D eigenvalue weighted by molar-refractivity contribution is 0.0695. The Balaban J connectivity index is 2.62. The number of aromatic nitrogens is 4. The number of imidazole rings is 1. The van der Waals surface area contributed by atoms with Crippen LogP contribution in [0.4, 0.5) is 0 Å². The lowest BCUT2D eigenvalue weighted by Gasteiger charge is -2.05. The summed E-state index contributed by atoms with van der Waals surface area (Å²) >= 11 is 0. The van der Waals surface area contributed by atoms with Crippen molar-refractivity contribution in [3.63, 3.8) is 0 Å². The third kappa shape index (κ3) is 1.71. The minimum atomic E-state index is -0.958. The average Bonchev–Trinajstić information content (AvgIpc) is 2.82. The maximum absolute atomic E-state index is 11.1.